The number of halogens is 1. The minimum atomic E-state index is -0.194. The Bertz CT molecular complexity index is 655. The lowest BCUT2D eigenvalue weighted by Crippen LogP contribution is -2.41. The molecule has 0 saturated carbocycles. The van der Waals surface area contributed by atoms with E-state index in [1.807, 2.05) is 30.3 Å². The van der Waals surface area contributed by atoms with Gasteiger partial charge in [0, 0.05) is 17.8 Å². The zero-order chi connectivity index (χ0) is 16.8. The number of amides is 2. The minimum Gasteiger partial charge on any atom is -0.336 e. The SMILES string of the molecule is O=C(NCc1ccn[nH]1)NC[C@H](c1ccccc1Cl)N1CCCC1. The Morgan fingerprint density at radius 2 is 2.04 bits per heavy atom. The van der Waals surface area contributed by atoms with Gasteiger partial charge in [-0.25, -0.2) is 4.79 Å². The number of hydrogen-bond acceptors (Lipinski definition) is 3. The van der Waals surface area contributed by atoms with Gasteiger partial charge in [-0.2, -0.15) is 5.10 Å². The van der Waals surface area contributed by atoms with Gasteiger partial charge >= 0.3 is 6.03 Å². The highest BCUT2D eigenvalue weighted by atomic mass is 35.5. The average Bonchev–Trinajstić information content (AvgIpc) is 3.28. The fourth-order valence-electron chi connectivity index (χ4n) is 3.04. The summed E-state index contributed by atoms with van der Waals surface area (Å²) >= 11 is 6.38. The van der Waals surface area contributed by atoms with Crippen molar-refractivity contribution in [3.05, 3.63) is 52.8 Å². The molecule has 6 nitrogen and oxygen atoms in total. The van der Waals surface area contributed by atoms with E-state index in [2.05, 4.69) is 25.7 Å². The number of rotatable bonds is 6. The summed E-state index contributed by atoms with van der Waals surface area (Å²) in [4.78, 5) is 14.5. The van der Waals surface area contributed by atoms with Crippen molar-refractivity contribution in [1.82, 2.24) is 25.7 Å². The number of benzene rings is 1. The lowest BCUT2D eigenvalue weighted by Gasteiger charge is -2.29. The Morgan fingerprint density at radius 3 is 2.75 bits per heavy atom. The van der Waals surface area contributed by atoms with E-state index in [0.717, 1.165) is 29.4 Å². The first kappa shape index (κ1) is 16.8. The van der Waals surface area contributed by atoms with Crippen molar-refractivity contribution in [2.75, 3.05) is 19.6 Å². The summed E-state index contributed by atoms with van der Waals surface area (Å²) < 4.78 is 0. The molecule has 1 fully saturated rings. The largest absolute Gasteiger partial charge is 0.336 e. The smallest absolute Gasteiger partial charge is 0.315 e. The van der Waals surface area contributed by atoms with E-state index in [0.29, 0.717) is 13.1 Å². The van der Waals surface area contributed by atoms with Crippen LogP contribution in [0.4, 0.5) is 4.79 Å². The first-order chi connectivity index (χ1) is 11.7. The van der Waals surface area contributed by atoms with Crippen molar-refractivity contribution in [1.29, 1.82) is 0 Å². The standard InChI is InChI=1S/C17H22ClN5O/c18-15-6-2-1-5-14(15)16(23-9-3-4-10-23)12-20-17(24)19-11-13-7-8-21-22-13/h1-2,5-8,16H,3-4,9-12H2,(H,21,22)(H2,19,20,24)/t16-/m1/s1. The van der Waals surface area contributed by atoms with E-state index in [-0.39, 0.29) is 12.1 Å². The molecule has 3 rings (SSSR count). The number of nitrogens with zero attached hydrogens (tertiary/aromatic N) is 2. The maximum absolute atomic E-state index is 12.1. The second-order valence-corrected chi connectivity index (χ2v) is 6.33. The summed E-state index contributed by atoms with van der Waals surface area (Å²) in [5.41, 5.74) is 1.93. The number of carbonyl (C=O) groups excluding carboxylic acids is 1. The summed E-state index contributed by atoms with van der Waals surface area (Å²) in [6, 6.07) is 9.59. The summed E-state index contributed by atoms with van der Waals surface area (Å²) in [6.45, 7) is 3.02. The first-order valence-electron chi connectivity index (χ1n) is 8.22. The van der Waals surface area contributed by atoms with E-state index in [4.69, 9.17) is 11.6 Å². The molecule has 0 aliphatic carbocycles. The van der Waals surface area contributed by atoms with Crippen LogP contribution in [0.2, 0.25) is 5.02 Å². The van der Waals surface area contributed by atoms with Crippen LogP contribution >= 0.6 is 11.6 Å². The van der Waals surface area contributed by atoms with Crippen LogP contribution in [0.5, 0.6) is 0 Å². The number of aromatic nitrogens is 2. The van der Waals surface area contributed by atoms with Gasteiger partial charge in [-0.15, -0.1) is 0 Å². The molecule has 24 heavy (non-hydrogen) atoms. The highest BCUT2D eigenvalue weighted by Gasteiger charge is 2.25. The molecule has 0 bridgehead atoms. The topological polar surface area (TPSA) is 73.0 Å². The number of hydrogen-bond donors (Lipinski definition) is 3. The second-order valence-electron chi connectivity index (χ2n) is 5.93. The van der Waals surface area contributed by atoms with E-state index < -0.39 is 0 Å². The molecule has 1 atom stereocenters. The molecule has 2 aromatic rings. The number of urea groups is 1. The van der Waals surface area contributed by atoms with Gasteiger partial charge in [0.15, 0.2) is 0 Å². The molecule has 1 saturated heterocycles. The van der Waals surface area contributed by atoms with Crippen LogP contribution in [0.15, 0.2) is 36.5 Å². The molecule has 3 N–H and O–H groups in total. The molecule has 2 amide bonds. The van der Waals surface area contributed by atoms with Gasteiger partial charge in [0.1, 0.15) is 0 Å². The lowest BCUT2D eigenvalue weighted by molar-refractivity contribution is 0.220. The van der Waals surface area contributed by atoms with Gasteiger partial charge in [0.2, 0.25) is 0 Å². The van der Waals surface area contributed by atoms with E-state index in [1.54, 1.807) is 6.20 Å². The molecule has 2 heterocycles. The highest BCUT2D eigenvalue weighted by molar-refractivity contribution is 6.31. The quantitative estimate of drug-likeness (QED) is 0.752. The van der Waals surface area contributed by atoms with Gasteiger partial charge < -0.3 is 10.6 Å². The molecule has 0 radical (unpaired) electrons. The predicted molar refractivity (Wildman–Crippen MR) is 93.8 cm³/mol. The number of nitrogens with one attached hydrogen (secondary N) is 3. The third-order valence-corrected chi connectivity index (χ3v) is 4.64. The van der Waals surface area contributed by atoms with E-state index in [1.165, 1.54) is 12.8 Å². The minimum absolute atomic E-state index is 0.0964. The normalized spacial score (nSPS) is 16.0. The molecular weight excluding hydrogens is 326 g/mol. The Kier molecular flexibility index (Phi) is 5.72. The van der Waals surface area contributed by atoms with Crippen molar-refractivity contribution >= 4 is 17.6 Å². The number of likely N-dealkylation sites (tertiary alicyclic amines) is 1. The van der Waals surface area contributed by atoms with Crippen LogP contribution in [-0.2, 0) is 6.54 Å². The van der Waals surface area contributed by atoms with Gasteiger partial charge in [-0.1, -0.05) is 29.8 Å². The third kappa shape index (κ3) is 4.27. The van der Waals surface area contributed by atoms with Crippen LogP contribution in [-0.4, -0.2) is 40.8 Å². The molecule has 1 aliphatic rings. The fourth-order valence-corrected chi connectivity index (χ4v) is 3.31. The second kappa shape index (κ2) is 8.17. The Balaban J connectivity index is 1.59. The molecule has 1 aliphatic heterocycles. The third-order valence-electron chi connectivity index (χ3n) is 4.30. The summed E-state index contributed by atoms with van der Waals surface area (Å²) in [5, 5.41) is 13.2. The van der Waals surface area contributed by atoms with E-state index in [9.17, 15) is 4.79 Å². The lowest BCUT2D eigenvalue weighted by atomic mass is 10.1. The summed E-state index contributed by atoms with van der Waals surface area (Å²) in [5.74, 6) is 0. The zero-order valence-corrected chi connectivity index (χ0v) is 14.2. The average molecular weight is 348 g/mol. The molecule has 7 heteroatoms. The van der Waals surface area contributed by atoms with Gasteiger partial charge in [-0.3, -0.25) is 10.00 Å². The summed E-state index contributed by atoms with van der Waals surface area (Å²) in [7, 11) is 0. The van der Waals surface area contributed by atoms with Crippen molar-refractivity contribution < 1.29 is 4.79 Å². The van der Waals surface area contributed by atoms with Crippen LogP contribution in [0, 0.1) is 0 Å². The molecule has 128 valence electrons. The van der Waals surface area contributed by atoms with Gasteiger partial charge in [0.05, 0.1) is 18.3 Å². The van der Waals surface area contributed by atoms with Crippen LogP contribution in [0.3, 0.4) is 0 Å². The first-order valence-corrected chi connectivity index (χ1v) is 8.60. The Morgan fingerprint density at radius 1 is 1.25 bits per heavy atom. The van der Waals surface area contributed by atoms with Gasteiger partial charge in [-0.05, 0) is 43.6 Å². The zero-order valence-electron chi connectivity index (χ0n) is 13.5. The monoisotopic (exact) mass is 347 g/mol. The maximum atomic E-state index is 12.1. The highest BCUT2D eigenvalue weighted by Crippen LogP contribution is 2.29. The predicted octanol–water partition coefficient (Wildman–Crippen LogP) is 2.70. The Hall–Kier alpha value is -2.05. The molecular formula is C17H22ClN5O. The maximum Gasteiger partial charge on any atom is 0.315 e. The van der Waals surface area contributed by atoms with Crippen molar-refractivity contribution in [3.63, 3.8) is 0 Å². The number of carbonyl (C=O) groups is 1. The van der Waals surface area contributed by atoms with Crippen LogP contribution < -0.4 is 10.6 Å². The number of H-pyrrole nitrogens is 1. The van der Waals surface area contributed by atoms with Crippen molar-refractivity contribution in [3.8, 4) is 0 Å². The van der Waals surface area contributed by atoms with Crippen LogP contribution in [0.1, 0.15) is 30.1 Å². The summed E-state index contributed by atoms with van der Waals surface area (Å²) in [6.07, 6.45) is 4.04. The molecule has 0 spiro atoms. The fraction of sp³-hybridized carbons (Fsp3) is 0.412. The molecule has 1 aromatic carbocycles. The molecule has 0 unspecified atom stereocenters. The van der Waals surface area contributed by atoms with Gasteiger partial charge in [0.25, 0.3) is 0 Å². The Labute approximate surface area is 146 Å². The number of aromatic amines is 1. The molecule has 1 aromatic heterocycles. The van der Waals surface area contributed by atoms with Crippen molar-refractivity contribution in [2.45, 2.75) is 25.4 Å². The van der Waals surface area contributed by atoms with Crippen molar-refractivity contribution in [2.24, 2.45) is 0 Å². The van der Waals surface area contributed by atoms with E-state index >= 15 is 0 Å². The van der Waals surface area contributed by atoms with Crippen LogP contribution in [0.25, 0.3) is 0 Å².